The fourth-order valence-corrected chi connectivity index (χ4v) is 2.57. The van der Waals surface area contributed by atoms with Gasteiger partial charge < -0.3 is 19.9 Å². The normalized spacial score (nSPS) is 11.2. The maximum absolute atomic E-state index is 12.8. The Morgan fingerprint density at radius 1 is 1.14 bits per heavy atom. The number of amides is 1. The van der Waals surface area contributed by atoms with Crippen molar-refractivity contribution in [1.82, 2.24) is 5.16 Å². The summed E-state index contributed by atoms with van der Waals surface area (Å²) in [6.45, 7) is 4.33. The highest BCUT2D eigenvalue weighted by Crippen LogP contribution is 2.21. The van der Waals surface area contributed by atoms with Crippen LogP contribution in [0.25, 0.3) is 5.57 Å². The highest BCUT2D eigenvalue weighted by molar-refractivity contribution is 6.30. The lowest BCUT2D eigenvalue weighted by molar-refractivity contribution is -0.111. The lowest BCUT2D eigenvalue weighted by Crippen LogP contribution is -2.14. The number of rotatable bonds is 7. The first-order valence-corrected chi connectivity index (χ1v) is 9.13. The number of nitrogens with zero attached hydrogens (tertiary/aromatic N) is 1. The van der Waals surface area contributed by atoms with Gasteiger partial charge in [-0.15, -0.1) is 0 Å². The molecule has 3 aromatic rings. The third-order valence-electron chi connectivity index (χ3n) is 3.79. The molecule has 2 N–H and O–H groups in total. The molecule has 2 aromatic carbocycles. The molecule has 0 radical (unpaired) electrons. The van der Waals surface area contributed by atoms with E-state index in [4.69, 9.17) is 20.9 Å². The number of hydrogen-bond acceptors (Lipinski definition) is 5. The van der Waals surface area contributed by atoms with Crippen molar-refractivity contribution in [2.45, 2.75) is 13.8 Å². The summed E-state index contributed by atoms with van der Waals surface area (Å²) in [6.07, 6.45) is 1.58. The van der Waals surface area contributed by atoms with Crippen LogP contribution in [0.15, 0.2) is 65.3 Å². The van der Waals surface area contributed by atoms with Crippen LogP contribution in [-0.2, 0) is 4.79 Å². The van der Waals surface area contributed by atoms with Crippen molar-refractivity contribution in [2.75, 3.05) is 17.2 Å². The third kappa shape index (κ3) is 5.14. The van der Waals surface area contributed by atoms with Gasteiger partial charge in [0.2, 0.25) is 0 Å². The van der Waals surface area contributed by atoms with Gasteiger partial charge in [0.15, 0.2) is 5.76 Å². The van der Waals surface area contributed by atoms with Crippen LogP contribution in [0.5, 0.6) is 5.75 Å². The number of nitrogens with one attached hydrogen (secondary N) is 2. The van der Waals surface area contributed by atoms with E-state index >= 15 is 0 Å². The van der Waals surface area contributed by atoms with Gasteiger partial charge in [-0.05, 0) is 62.4 Å². The average Bonchev–Trinajstić information content (AvgIpc) is 3.11. The van der Waals surface area contributed by atoms with Crippen molar-refractivity contribution < 1.29 is 14.1 Å². The molecule has 0 spiro atoms. The van der Waals surface area contributed by atoms with Crippen LogP contribution in [-0.4, -0.2) is 17.7 Å². The molecule has 1 amide bonds. The maximum atomic E-state index is 12.8. The molecule has 1 heterocycles. The van der Waals surface area contributed by atoms with Crippen LogP contribution in [0.1, 0.15) is 18.4 Å². The van der Waals surface area contributed by atoms with Crippen molar-refractivity contribution in [3.8, 4) is 5.75 Å². The number of aryl methyl sites for hydroxylation is 1. The molecule has 0 bridgehead atoms. The predicted octanol–water partition coefficient (Wildman–Crippen LogP) is 5.13. The van der Waals surface area contributed by atoms with Crippen molar-refractivity contribution in [2.24, 2.45) is 0 Å². The Balaban J connectivity index is 1.80. The zero-order valence-electron chi connectivity index (χ0n) is 15.5. The largest absolute Gasteiger partial charge is 0.494 e. The van der Waals surface area contributed by atoms with Gasteiger partial charge in [0.1, 0.15) is 11.3 Å². The van der Waals surface area contributed by atoms with E-state index in [0.717, 1.165) is 11.4 Å². The number of anilines is 2. The topological polar surface area (TPSA) is 76.4 Å². The van der Waals surface area contributed by atoms with Gasteiger partial charge in [-0.3, -0.25) is 4.79 Å². The molecule has 1 aromatic heterocycles. The first-order valence-electron chi connectivity index (χ1n) is 8.75. The van der Waals surface area contributed by atoms with E-state index in [1.54, 1.807) is 43.5 Å². The quantitative estimate of drug-likeness (QED) is 0.540. The van der Waals surface area contributed by atoms with Gasteiger partial charge in [0.25, 0.3) is 5.91 Å². The molecule has 144 valence electrons. The van der Waals surface area contributed by atoms with Crippen LogP contribution in [0, 0.1) is 6.92 Å². The van der Waals surface area contributed by atoms with E-state index in [0.29, 0.717) is 34.3 Å². The third-order valence-corrected chi connectivity index (χ3v) is 4.04. The molecule has 28 heavy (non-hydrogen) atoms. The van der Waals surface area contributed by atoms with Crippen molar-refractivity contribution in [3.05, 3.63) is 77.3 Å². The van der Waals surface area contributed by atoms with Gasteiger partial charge in [0, 0.05) is 28.7 Å². The minimum Gasteiger partial charge on any atom is -0.494 e. The van der Waals surface area contributed by atoms with Crippen LogP contribution in [0.4, 0.5) is 11.4 Å². The number of carbonyl (C=O) groups excluding carboxylic acids is 1. The number of ether oxygens (including phenoxy) is 1. The zero-order valence-corrected chi connectivity index (χ0v) is 16.3. The summed E-state index contributed by atoms with van der Waals surface area (Å²) in [6, 6.07) is 16.0. The molecule has 6 nitrogen and oxygen atoms in total. The molecule has 3 rings (SSSR count). The fraction of sp³-hybridized carbons (Fsp3) is 0.143. The smallest absolute Gasteiger partial charge is 0.261 e. The number of halogens is 1. The minimum atomic E-state index is -0.336. The molecule has 0 unspecified atom stereocenters. The lowest BCUT2D eigenvalue weighted by atomic mass is 10.2. The van der Waals surface area contributed by atoms with Crippen LogP contribution in [0.2, 0.25) is 5.02 Å². The van der Waals surface area contributed by atoms with E-state index in [1.165, 1.54) is 0 Å². The molecular formula is C21H20ClN3O3. The van der Waals surface area contributed by atoms with E-state index < -0.39 is 0 Å². The van der Waals surface area contributed by atoms with Crippen LogP contribution < -0.4 is 15.4 Å². The Labute approximate surface area is 168 Å². The van der Waals surface area contributed by atoms with Gasteiger partial charge in [0.05, 0.1) is 12.3 Å². The zero-order chi connectivity index (χ0) is 19.9. The summed E-state index contributed by atoms with van der Waals surface area (Å²) in [5, 5.41) is 10.4. The summed E-state index contributed by atoms with van der Waals surface area (Å²) in [7, 11) is 0. The molecule has 0 aliphatic heterocycles. The summed E-state index contributed by atoms with van der Waals surface area (Å²) in [4.78, 5) is 12.8. The average molecular weight is 398 g/mol. The molecule has 0 aliphatic carbocycles. The Morgan fingerprint density at radius 3 is 2.43 bits per heavy atom. The number of carbonyl (C=O) groups is 1. The van der Waals surface area contributed by atoms with E-state index in [-0.39, 0.29) is 5.91 Å². The van der Waals surface area contributed by atoms with Crippen molar-refractivity contribution in [3.63, 3.8) is 0 Å². The standard InChI is InChI=1S/C21H20ClN3O3/c1-3-27-18-10-8-16(9-11-18)23-13-19(20-12-14(2)25-28-20)21(26)24-17-6-4-15(22)5-7-17/h4-13,23H,3H2,1-2H3,(H,24,26). The minimum absolute atomic E-state index is 0.310. The molecule has 0 aliphatic rings. The number of aromatic nitrogens is 1. The van der Waals surface area contributed by atoms with Gasteiger partial charge >= 0.3 is 0 Å². The van der Waals surface area contributed by atoms with Crippen LogP contribution >= 0.6 is 11.6 Å². The van der Waals surface area contributed by atoms with E-state index in [1.807, 2.05) is 31.2 Å². The fourth-order valence-electron chi connectivity index (χ4n) is 2.44. The summed E-state index contributed by atoms with van der Waals surface area (Å²) >= 11 is 5.89. The molecule has 0 saturated heterocycles. The maximum Gasteiger partial charge on any atom is 0.261 e. The lowest BCUT2D eigenvalue weighted by Gasteiger charge is -2.09. The second kappa shape index (κ2) is 9.10. The first kappa shape index (κ1) is 19.5. The molecule has 0 atom stereocenters. The SMILES string of the molecule is CCOc1ccc(NC=C(C(=O)Nc2ccc(Cl)cc2)c2cc(C)no2)cc1. The van der Waals surface area contributed by atoms with Gasteiger partial charge in [-0.25, -0.2) is 0 Å². The molecule has 7 heteroatoms. The monoisotopic (exact) mass is 397 g/mol. The Bertz CT molecular complexity index is 963. The molecule has 0 fully saturated rings. The first-order chi connectivity index (χ1) is 13.5. The summed E-state index contributed by atoms with van der Waals surface area (Å²) in [5.41, 5.74) is 2.42. The van der Waals surface area contributed by atoms with Crippen LogP contribution in [0.3, 0.4) is 0 Å². The van der Waals surface area contributed by atoms with Crippen molar-refractivity contribution in [1.29, 1.82) is 0 Å². The van der Waals surface area contributed by atoms with E-state index in [9.17, 15) is 4.79 Å². The van der Waals surface area contributed by atoms with Crippen molar-refractivity contribution >= 4 is 34.5 Å². The number of hydrogen-bond donors (Lipinski definition) is 2. The molecular weight excluding hydrogens is 378 g/mol. The summed E-state index contributed by atoms with van der Waals surface area (Å²) in [5.74, 6) is 0.808. The highest BCUT2D eigenvalue weighted by atomic mass is 35.5. The Kier molecular flexibility index (Phi) is 6.34. The highest BCUT2D eigenvalue weighted by Gasteiger charge is 2.17. The second-order valence-corrected chi connectivity index (χ2v) is 6.39. The Morgan fingerprint density at radius 2 is 1.82 bits per heavy atom. The van der Waals surface area contributed by atoms with E-state index in [2.05, 4.69) is 15.8 Å². The number of benzene rings is 2. The van der Waals surface area contributed by atoms with Gasteiger partial charge in [-0.2, -0.15) is 0 Å². The summed E-state index contributed by atoms with van der Waals surface area (Å²) < 4.78 is 10.7. The predicted molar refractivity (Wildman–Crippen MR) is 111 cm³/mol. The molecule has 0 saturated carbocycles. The second-order valence-electron chi connectivity index (χ2n) is 5.95. The Hall–Kier alpha value is -3.25. The van der Waals surface area contributed by atoms with Gasteiger partial charge in [-0.1, -0.05) is 16.8 Å².